The molecular formula is C15H20ClN3S. The number of nitrogens with zero attached hydrogens (tertiary/aromatic N) is 2. The lowest BCUT2D eigenvalue weighted by Gasteiger charge is -2.37. The van der Waals surface area contributed by atoms with Gasteiger partial charge in [-0.15, -0.1) is 11.8 Å². The summed E-state index contributed by atoms with van der Waals surface area (Å²) in [6.45, 7) is 4.18. The van der Waals surface area contributed by atoms with Crippen molar-refractivity contribution < 1.29 is 0 Å². The fourth-order valence-electron chi connectivity index (χ4n) is 2.76. The molecule has 1 heterocycles. The average molecular weight is 310 g/mol. The molecule has 0 radical (unpaired) electrons. The molecule has 2 rings (SSSR count). The van der Waals surface area contributed by atoms with Crippen molar-refractivity contribution >= 4 is 23.4 Å². The van der Waals surface area contributed by atoms with E-state index in [0.29, 0.717) is 16.3 Å². The highest BCUT2D eigenvalue weighted by Crippen LogP contribution is 2.39. The largest absolute Gasteiger partial charge is 0.297 e. The molecule has 1 aliphatic carbocycles. The van der Waals surface area contributed by atoms with E-state index < -0.39 is 5.54 Å². The number of hydrogen-bond acceptors (Lipinski definition) is 4. The van der Waals surface area contributed by atoms with Crippen LogP contribution in [0.5, 0.6) is 0 Å². The van der Waals surface area contributed by atoms with E-state index in [1.807, 2.05) is 12.1 Å². The van der Waals surface area contributed by atoms with Gasteiger partial charge in [-0.25, -0.2) is 4.98 Å². The molecule has 0 saturated heterocycles. The van der Waals surface area contributed by atoms with Gasteiger partial charge in [0.25, 0.3) is 0 Å². The molecule has 1 aliphatic rings. The Kier molecular flexibility index (Phi) is 5.31. The fourth-order valence-corrected chi connectivity index (χ4v) is 4.28. The van der Waals surface area contributed by atoms with Gasteiger partial charge in [0.2, 0.25) is 0 Å². The second-order valence-electron chi connectivity index (χ2n) is 5.62. The maximum absolute atomic E-state index is 9.57. The number of rotatable bonds is 4. The summed E-state index contributed by atoms with van der Waals surface area (Å²) in [6.07, 6.45) is 5.71. The van der Waals surface area contributed by atoms with Crippen LogP contribution >= 0.6 is 23.4 Å². The van der Waals surface area contributed by atoms with Gasteiger partial charge in [0.1, 0.15) is 10.6 Å². The molecule has 1 fully saturated rings. The molecule has 1 aromatic heterocycles. The Morgan fingerprint density at radius 1 is 1.60 bits per heavy atom. The molecule has 1 aromatic rings. The smallest absolute Gasteiger partial charge is 0.115 e. The van der Waals surface area contributed by atoms with Gasteiger partial charge in [-0.05, 0) is 51.7 Å². The summed E-state index contributed by atoms with van der Waals surface area (Å²) in [6, 6.07) is 6.52. The molecule has 2 unspecified atom stereocenters. The Bertz CT molecular complexity index is 500. The van der Waals surface area contributed by atoms with Crippen LogP contribution in [0.3, 0.4) is 0 Å². The molecule has 0 bridgehead atoms. The van der Waals surface area contributed by atoms with Crippen LogP contribution in [0.2, 0.25) is 5.02 Å². The van der Waals surface area contributed by atoms with E-state index in [2.05, 4.69) is 30.2 Å². The lowest BCUT2D eigenvalue weighted by Crippen LogP contribution is -2.51. The molecular weight excluding hydrogens is 290 g/mol. The maximum atomic E-state index is 9.57. The van der Waals surface area contributed by atoms with Crippen LogP contribution in [-0.4, -0.2) is 21.8 Å². The van der Waals surface area contributed by atoms with Gasteiger partial charge < -0.3 is 0 Å². The third kappa shape index (κ3) is 3.88. The maximum Gasteiger partial charge on any atom is 0.115 e. The summed E-state index contributed by atoms with van der Waals surface area (Å²) in [7, 11) is 0. The summed E-state index contributed by atoms with van der Waals surface area (Å²) < 4.78 is 0. The van der Waals surface area contributed by atoms with Gasteiger partial charge in [0.05, 0.1) is 11.1 Å². The topological polar surface area (TPSA) is 48.7 Å². The predicted octanol–water partition coefficient (Wildman–Crippen LogP) is 4.03. The molecule has 0 aromatic carbocycles. The average Bonchev–Trinajstić information content (AvgIpc) is 2.41. The first-order chi connectivity index (χ1) is 9.54. The summed E-state index contributed by atoms with van der Waals surface area (Å²) in [5.74, 6) is 0. The van der Waals surface area contributed by atoms with Crippen molar-refractivity contribution in [2.45, 2.75) is 61.4 Å². The number of aromatic nitrogens is 1. The van der Waals surface area contributed by atoms with Crippen LogP contribution in [-0.2, 0) is 0 Å². The van der Waals surface area contributed by atoms with Crippen LogP contribution in [0.25, 0.3) is 0 Å². The Hall–Kier alpha value is -0.760. The highest BCUT2D eigenvalue weighted by molar-refractivity contribution is 8.00. The Balaban J connectivity index is 2.07. The SMILES string of the molecule is CC(C)NC1(C#N)CCCC(Sc2ncccc2Cl)C1. The lowest BCUT2D eigenvalue weighted by molar-refractivity contribution is 0.284. The van der Waals surface area contributed by atoms with E-state index in [9.17, 15) is 5.26 Å². The molecule has 5 heteroatoms. The van der Waals surface area contributed by atoms with E-state index in [0.717, 1.165) is 30.7 Å². The first kappa shape index (κ1) is 15.6. The van der Waals surface area contributed by atoms with Crippen molar-refractivity contribution in [2.75, 3.05) is 0 Å². The normalized spacial score (nSPS) is 26.4. The molecule has 3 nitrogen and oxygen atoms in total. The third-order valence-electron chi connectivity index (χ3n) is 3.49. The van der Waals surface area contributed by atoms with Crippen molar-refractivity contribution in [2.24, 2.45) is 0 Å². The zero-order valence-electron chi connectivity index (χ0n) is 11.9. The number of nitriles is 1. The van der Waals surface area contributed by atoms with Crippen molar-refractivity contribution in [1.82, 2.24) is 10.3 Å². The standard InChI is InChI=1S/C15H20ClN3S/c1-11(2)19-15(10-17)7-3-5-12(9-15)20-14-13(16)6-4-8-18-14/h4,6,8,11-12,19H,3,5,7,9H2,1-2H3. The molecule has 108 valence electrons. The predicted molar refractivity (Wildman–Crippen MR) is 84.0 cm³/mol. The Labute approximate surface area is 130 Å². The van der Waals surface area contributed by atoms with Gasteiger partial charge in [0.15, 0.2) is 0 Å². The molecule has 0 aliphatic heterocycles. The van der Waals surface area contributed by atoms with Crippen LogP contribution in [0.15, 0.2) is 23.4 Å². The van der Waals surface area contributed by atoms with Gasteiger partial charge >= 0.3 is 0 Å². The van der Waals surface area contributed by atoms with Gasteiger partial charge in [-0.1, -0.05) is 11.6 Å². The van der Waals surface area contributed by atoms with Gasteiger partial charge in [-0.3, -0.25) is 5.32 Å². The highest BCUT2D eigenvalue weighted by atomic mass is 35.5. The van der Waals surface area contributed by atoms with Gasteiger partial charge in [0, 0.05) is 17.5 Å². The second-order valence-corrected chi connectivity index (χ2v) is 7.32. The first-order valence-electron chi connectivity index (χ1n) is 7.01. The third-order valence-corrected chi connectivity index (χ3v) is 5.19. The number of nitrogens with one attached hydrogen (secondary N) is 1. The van der Waals surface area contributed by atoms with Crippen molar-refractivity contribution in [3.05, 3.63) is 23.4 Å². The monoisotopic (exact) mass is 309 g/mol. The van der Waals surface area contributed by atoms with Crippen molar-refractivity contribution in [1.29, 1.82) is 5.26 Å². The minimum absolute atomic E-state index is 0.317. The molecule has 0 amide bonds. The number of thioether (sulfide) groups is 1. The van der Waals surface area contributed by atoms with E-state index in [4.69, 9.17) is 11.6 Å². The highest BCUT2D eigenvalue weighted by Gasteiger charge is 2.37. The van der Waals surface area contributed by atoms with Crippen LogP contribution in [0.4, 0.5) is 0 Å². The lowest BCUT2D eigenvalue weighted by atomic mass is 9.82. The zero-order valence-corrected chi connectivity index (χ0v) is 13.5. The number of pyridine rings is 1. The molecule has 0 spiro atoms. The molecule has 1 saturated carbocycles. The fraction of sp³-hybridized carbons (Fsp3) is 0.600. The molecule has 1 N–H and O–H groups in total. The van der Waals surface area contributed by atoms with Crippen molar-refractivity contribution in [3.8, 4) is 6.07 Å². The first-order valence-corrected chi connectivity index (χ1v) is 8.26. The Morgan fingerprint density at radius 2 is 2.40 bits per heavy atom. The minimum Gasteiger partial charge on any atom is -0.297 e. The summed E-state index contributed by atoms with van der Waals surface area (Å²) in [5, 5.41) is 15.0. The summed E-state index contributed by atoms with van der Waals surface area (Å²) in [5.41, 5.74) is -0.397. The number of halogens is 1. The Morgan fingerprint density at radius 3 is 3.05 bits per heavy atom. The van der Waals surface area contributed by atoms with E-state index in [1.54, 1.807) is 18.0 Å². The van der Waals surface area contributed by atoms with E-state index in [1.165, 1.54) is 0 Å². The van der Waals surface area contributed by atoms with Crippen LogP contribution < -0.4 is 5.32 Å². The van der Waals surface area contributed by atoms with Gasteiger partial charge in [-0.2, -0.15) is 5.26 Å². The molecule has 20 heavy (non-hydrogen) atoms. The summed E-state index contributed by atoms with van der Waals surface area (Å²) in [4.78, 5) is 4.33. The molecule has 2 atom stereocenters. The second kappa shape index (κ2) is 6.80. The van der Waals surface area contributed by atoms with E-state index >= 15 is 0 Å². The van der Waals surface area contributed by atoms with Crippen LogP contribution in [0, 0.1) is 11.3 Å². The van der Waals surface area contributed by atoms with Crippen LogP contribution in [0.1, 0.15) is 39.5 Å². The quantitative estimate of drug-likeness (QED) is 0.912. The zero-order chi connectivity index (χ0) is 14.6. The number of hydrogen-bond donors (Lipinski definition) is 1. The van der Waals surface area contributed by atoms with E-state index in [-0.39, 0.29) is 0 Å². The minimum atomic E-state index is -0.397. The van der Waals surface area contributed by atoms with Crippen molar-refractivity contribution in [3.63, 3.8) is 0 Å². The summed E-state index contributed by atoms with van der Waals surface area (Å²) >= 11 is 7.87.